The zero-order valence-corrected chi connectivity index (χ0v) is 15.5. The second-order valence-electron chi connectivity index (χ2n) is 6.40. The summed E-state index contributed by atoms with van der Waals surface area (Å²) in [4.78, 5) is 23.9. The Morgan fingerprint density at radius 2 is 1.70 bits per heavy atom. The summed E-state index contributed by atoms with van der Waals surface area (Å²) in [6, 6.07) is 18.1. The Balaban J connectivity index is 1.73. The number of esters is 1. The lowest BCUT2D eigenvalue weighted by atomic mass is 9.97. The minimum atomic E-state index is -1.20. The molecule has 1 N–H and O–H groups in total. The molecule has 0 amide bonds. The summed E-state index contributed by atoms with van der Waals surface area (Å²) in [5.74, 6) is -2.29. The third-order valence-corrected chi connectivity index (χ3v) is 4.53. The lowest BCUT2D eigenvalue weighted by Gasteiger charge is -2.11. The van der Waals surface area contributed by atoms with Crippen LogP contribution in [0.25, 0.3) is 28.0 Å². The van der Waals surface area contributed by atoms with Crippen molar-refractivity contribution in [3.63, 3.8) is 0 Å². The highest BCUT2D eigenvalue weighted by atomic mass is 19.1. The molecule has 4 rings (SSSR count). The number of hydrogen-bond donors (Lipinski definition) is 1. The van der Waals surface area contributed by atoms with E-state index in [0.717, 1.165) is 11.5 Å². The maximum absolute atomic E-state index is 13.7. The summed E-state index contributed by atoms with van der Waals surface area (Å²) in [5.41, 5.74) is 1.19. The van der Waals surface area contributed by atoms with E-state index in [1.165, 1.54) is 18.4 Å². The van der Waals surface area contributed by atoms with Crippen molar-refractivity contribution in [1.82, 2.24) is 0 Å². The molecule has 4 aromatic rings. The van der Waals surface area contributed by atoms with Gasteiger partial charge in [0.05, 0.1) is 6.26 Å². The average molecular weight is 402 g/mol. The molecule has 148 valence electrons. The predicted molar refractivity (Wildman–Crippen MR) is 110 cm³/mol. The lowest BCUT2D eigenvalue weighted by Crippen LogP contribution is -2.05. The number of fused-ring (bicyclic) bond motifs is 1. The van der Waals surface area contributed by atoms with Gasteiger partial charge in [-0.25, -0.2) is 14.0 Å². The van der Waals surface area contributed by atoms with E-state index in [0.29, 0.717) is 16.5 Å². The number of halogens is 1. The van der Waals surface area contributed by atoms with Crippen molar-refractivity contribution in [2.45, 2.75) is 0 Å². The van der Waals surface area contributed by atoms with Crippen molar-refractivity contribution in [3.05, 3.63) is 96.2 Å². The minimum Gasteiger partial charge on any atom is -0.475 e. The van der Waals surface area contributed by atoms with Crippen LogP contribution >= 0.6 is 0 Å². The van der Waals surface area contributed by atoms with Crippen LogP contribution in [0.15, 0.2) is 83.5 Å². The first-order valence-electron chi connectivity index (χ1n) is 9.02. The molecule has 0 saturated carbocycles. The molecule has 0 saturated heterocycles. The van der Waals surface area contributed by atoms with E-state index in [2.05, 4.69) is 0 Å². The maximum atomic E-state index is 13.7. The van der Waals surface area contributed by atoms with Gasteiger partial charge in [0.2, 0.25) is 5.76 Å². The van der Waals surface area contributed by atoms with Crippen LogP contribution in [-0.4, -0.2) is 17.0 Å². The van der Waals surface area contributed by atoms with Crippen molar-refractivity contribution in [3.8, 4) is 16.9 Å². The maximum Gasteiger partial charge on any atom is 0.372 e. The average Bonchev–Trinajstić information content (AvgIpc) is 3.23. The van der Waals surface area contributed by atoms with Gasteiger partial charge in [-0.15, -0.1) is 0 Å². The summed E-state index contributed by atoms with van der Waals surface area (Å²) in [5, 5.41) is 10.7. The van der Waals surface area contributed by atoms with Crippen molar-refractivity contribution >= 4 is 28.8 Å². The first-order chi connectivity index (χ1) is 14.5. The number of hydrogen-bond acceptors (Lipinski definition) is 4. The SMILES string of the molecule is O=C(C=Cc1ccccc1F)Oc1cccc2cccc(-c3ccoc3C(=O)O)c12. The van der Waals surface area contributed by atoms with Gasteiger partial charge in [0, 0.05) is 22.6 Å². The highest BCUT2D eigenvalue weighted by molar-refractivity contribution is 6.06. The van der Waals surface area contributed by atoms with Gasteiger partial charge in [-0.05, 0) is 35.2 Å². The molecule has 0 aliphatic heterocycles. The Labute approximate surface area is 170 Å². The zero-order valence-electron chi connectivity index (χ0n) is 15.5. The molecule has 0 aliphatic rings. The Morgan fingerprint density at radius 1 is 0.933 bits per heavy atom. The summed E-state index contributed by atoms with van der Waals surface area (Å²) in [7, 11) is 0. The molecule has 0 unspecified atom stereocenters. The molecular weight excluding hydrogens is 387 g/mol. The number of carboxylic acid groups (broad SMARTS) is 1. The van der Waals surface area contributed by atoms with Gasteiger partial charge in [-0.1, -0.05) is 48.5 Å². The molecule has 0 bridgehead atoms. The van der Waals surface area contributed by atoms with Gasteiger partial charge in [0.25, 0.3) is 0 Å². The van der Waals surface area contributed by atoms with E-state index < -0.39 is 17.8 Å². The molecular formula is C24H15FO5. The fourth-order valence-corrected chi connectivity index (χ4v) is 3.21. The van der Waals surface area contributed by atoms with Crippen LogP contribution in [0.1, 0.15) is 16.1 Å². The summed E-state index contributed by atoms with van der Waals surface area (Å²) in [6.07, 6.45) is 3.77. The third-order valence-electron chi connectivity index (χ3n) is 4.53. The lowest BCUT2D eigenvalue weighted by molar-refractivity contribution is -0.128. The molecule has 30 heavy (non-hydrogen) atoms. The first-order valence-corrected chi connectivity index (χ1v) is 9.02. The Morgan fingerprint density at radius 3 is 2.47 bits per heavy atom. The van der Waals surface area contributed by atoms with Crippen LogP contribution in [0, 0.1) is 5.82 Å². The Hall–Kier alpha value is -4.19. The van der Waals surface area contributed by atoms with Crippen LogP contribution in [0.4, 0.5) is 4.39 Å². The fourth-order valence-electron chi connectivity index (χ4n) is 3.21. The van der Waals surface area contributed by atoms with Crippen LogP contribution in [0.2, 0.25) is 0 Å². The summed E-state index contributed by atoms with van der Waals surface area (Å²) in [6.45, 7) is 0. The second kappa shape index (κ2) is 8.05. The van der Waals surface area contributed by atoms with Crippen LogP contribution in [0.5, 0.6) is 5.75 Å². The summed E-state index contributed by atoms with van der Waals surface area (Å²) >= 11 is 0. The molecule has 0 radical (unpaired) electrons. The van der Waals surface area contributed by atoms with Crippen molar-refractivity contribution in [2.24, 2.45) is 0 Å². The Kier molecular flexibility index (Phi) is 5.13. The number of carboxylic acids is 1. The molecule has 0 fully saturated rings. The Bertz CT molecular complexity index is 1280. The van der Waals surface area contributed by atoms with Crippen molar-refractivity contribution in [1.29, 1.82) is 0 Å². The molecule has 6 heteroatoms. The van der Waals surface area contributed by atoms with E-state index >= 15 is 0 Å². The van der Waals surface area contributed by atoms with E-state index in [1.807, 2.05) is 12.1 Å². The number of rotatable bonds is 5. The number of benzene rings is 3. The van der Waals surface area contributed by atoms with Gasteiger partial charge in [-0.2, -0.15) is 0 Å². The molecule has 0 atom stereocenters. The smallest absolute Gasteiger partial charge is 0.372 e. The minimum absolute atomic E-state index is 0.205. The highest BCUT2D eigenvalue weighted by Gasteiger charge is 2.19. The van der Waals surface area contributed by atoms with Crippen LogP contribution in [-0.2, 0) is 4.79 Å². The molecule has 5 nitrogen and oxygen atoms in total. The van der Waals surface area contributed by atoms with Gasteiger partial charge in [0.1, 0.15) is 11.6 Å². The van der Waals surface area contributed by atoms with Gasteiger partial charge in [-0.3, -0.25) is 0 Å². The number of ether oxygens (including phenoxy) is 1. The van der Waals surface area contributed by atoms with E-state index in [9.17, 15) is 19.1 Å². The summed E-state index contributed by atoms with van der Waals surface area (Å²) < 4.78 is 24.3. The monoisotopic (exact) mass is 402 g/mol. The molecule has 0 aliphatic carbocycles. The largest absolute Gasteiger partial charge is 0.475 e. The van der Waals surface area contributed by atoms with Crippen LogP contribution < -0.4 is 4.74 Å². The fraction of sp³-hybridized carbons (Fsp3) is 0. The highest BCUT2D eigenvalue weighted by Crippen LogP contribution is 2.37. The van der Waals surface area contributed by atoms with E-state index in [1.54, 1.807) is 48.5 Å². The number of carbonyl (C=O) groups is 2. The number of carbonyl (C=O) groups excluding carboxylic acids is 1. The van der Waals surface area contributed by atoms with Gasteiger partial charge in [0.15, 0.2) is 0 Å². The third kappa shape index (κ3) is 3.71. The van der Waals surface area contributed by atoms with E-state index in [4.69, 9.17) is 9.15 Å². The number of furan rings is 1. The molecule has 0 spiro atoms. The second-order valence-corrected chi connectivity index (χ2v) is 6.40. The quantitative estimate of drug-likeness (QED) is 0.269. The van der Waals surface area contributed by atoms with Gasteiger partial charge >= 0.3 is 11.9 Å². The van der Waals surface area contributed by atoms with E-state index in [-0.39, 0.29) is 17.1 Å². The van der Waals surface area contributed by atoms with Crippen molar-refractivity contribution < 1.29 is 28.2 Å². The zero-order chi connectivity index (χ0) is 21.1. The normalized spacial score (nSPS) is 11.1. The van der Waals surface area contributed by atoms with Crippen LogP contribution in [0.3, 0.4) is 0 Å². The van der Waals surface area contributed by atoms with Gasteiger partial charge < -0.3 is 14.3 Å². The standard InChI is InChI=1S/C24H15FO5/c25-19-9-2-1-5-15(19)11-12-21(26)30-20-10-4-7-16-6-3-8-17(22(16)20)18-13-14-29-23(18)24(27)28/h1-14H,(H,27,28). The first kappa shape index (κ1) is 19.1. The topological polar surface area (TPSA) is 76.7 Å². The molecule has 3 aromatic carbocycles. The van der Waals surface area contributed by atoms with Crippen molar-refractivity contribution in [2.75, 3.05) is 0 Å². The molecule has 1 aromatic heterocycles. The number of aromatic carboxylic acids is 1. The molecule has 1 heterocycles. The predicted octanol–water partition coefficient (Wildman–Crippen LogP) is 5.56.